The lowest BCUT2D eigenvalue weighted by Gasteiger charge is -2.02. The quantitative estimate of drug-likeness (QED) is 0.731. The molecule has 90 valence electrons. The summed E-state index contributed by atoms with van der Waals surface area (Å²) in [5.74, 6) is -0.362. The number of esters is 1. The lowest BCUT2D eigenvalue weighted by Crippen LogP contribution is -2.21. The fourth-order valence-electron chi connectivity index (χ4n) is 1.57. The van der Waals surface area contributed by atoms with Gasteiger partial charge >= 0.3 is 5.97 Å². The molecule has 0 radical (unpaired) electrons. The van der Waals surface area contributed by atoms with Gasteiger partial charge in [0.1, 0.15) is 12.4 Å². The second-order valence-electron chi connectivity index (χ2n) is 3.75. The lowest BCUT2D eigenvalue weighted by atomic mass is 10.1. The number of aliphatic imine (C=N–C) groups is 1. The second-order valence-corrected chi connectivity index (χ2v) is 3.75. The van der Waals surface area contributed by atoms with Gasteiger partial charge in [-0.3, -0.25) is 0 Å². The van der Waals surface area contributed by atoms with Crippen LogP contribution in [0.4, 0.5) is 4.39 Å². The summed E-state index contributed by atoms with van der Waals surface area (Å²) in [6.45, 7) is 1.82. The maximum atomic E-state index is 13.1. The standard InChI is InChI=1S/C12H12FNO3/c1-7-5-8(3-4-9(7)13)11-14-10(6-17-11)12(15)16-2/h3-5,10H,6H2,1-2H3/t10-/m1/s1. The molecule has 1 atom stereocenters. The van der Waals surface area contributed by atoms with Crippen molar-refractivity contribution < 1.29 is 18.7 Å². The molecule has 0 fully saturated rings. The van der Waals surface area contributed by atoms with Crippen molar-refractivity contribution in [2.24, 2.45) is 4.99 Å². The lowest BCUT2D eigenvalue weighted by molar-refractivity contribution is -0.142. The van der Waals surface area contributed by atoms with E-state index >= 15 is 0 Å². The van der Waals surface area contributed by atoms with E-state index < -0.39 is 12.0 Å². The molecule has 0 aromatic heterocycles. The summed E-state index contributed by atoms with van der Waals surface area (Å²) in [5.41, 5.74) is 1.17. The van der Waals surface area contributed by atoms with Gasteiger partial charge in [0.05, 0.1) is 7.11 Å². The van der Waals surface area contributed by atoms with E-state index in [1.165, 1.54) is 13.2 Å². The Morgan fingerprint density at radius 2 is 2.35 bits per heavy atom. The van der Waals surface area contributed by atoms with E-state index in [0.717, 1.165) is 0 Å². The number of rotatable bonds is 2. The molecule has 0 N–H and O–H groups in total. The number of aryl methyl sites for hydroxylation is 1. The molecule has 2 rings (SSSR count). The maximum Gasteiger partial charge on any atom is 0.334 e. The van der Waals surface area contributed by atoms with E-state index in [1.54, 1.807) is 19.1 Å². The molecule has 4 nitrogen and oxygen atoms in total. The zero-order valence-electron chi connectivity index (χ0n) is 9.57. The van der Waals surface area contributed by atoms with Crippen LogP contribution in [0, 0.1) is 12.7 Å². The Hall–Kier alpha value is -1.91. The molecule has 0 aliphatic carbocycles. The van der Waals surface area contributed by atoms with Crippen LogP contribution < -0.4 is 0 Å². The van der Waals surface area contributed by atoms with Gasteiger partial charge in [0.25, 0.3) is 0 Å². The fourth-order valence-corrected chi connectivity index (χ4v) is 1.57. The first-order chi connectivity index (χ1) is 8.11. The Kier molecular flexibility index (Phi) is 3.08. The van der Waals surface area contributed by atoms with Crippen molar-refractivity contribution in [1.82, 2.24) is 0 Å². The molecule has 1 aromatic rings. The molecule has 0 bridgehead atoms. The Morgan fingerprint density at radius 3 is 3.00 bits per heavy atom. The zero-order chi connectivity index (χ0) is 12.4. The Bertz CT molecular complexity index is 485. The summed E-state index contributed by atoms with van der Waals surface area (Å²) in [6.07, 6.45) is 0. The summed E-state index contributed by atoms with van der Waals surface area (Å²) < 4.78 is 23.0. The van der Waals surface area contributed by atoms with Crippen LogP contribution in [0.3, 0.4) is 0 Å². The molecule has 0 unspecified atom stereocenters. The number of ether oxygens (including phenoxy) is 2. The number of hydrogen-bond acceptors (Lipinski definition) is 4. The molecule has 1 aliphatic heterocycles. The van der Waals surface area contributed by atoms with Crippen molar-refractivity contribution in [3.05, 3.63) is 35.1 Å². The third kappa shape index (κ3) is 2.27. The molecule has 5 heteroatoms. The predicted molar refractivity (Wildman–Crippen MR) is 59.4 cm³/mol. The van der Waals surface area contributed by atoms with Crippen LogP contribution >= 0.6 is 0 Å². The summed E-state index contributed by atoms with van der Waals surface area (Å²) in [5, 5.41) is 0. The molecule has 0 spiro atoms. The average Bonchev–Trinajstić information content (AvgIpc) is 2.81. The SMILES string of the molecule is COC(=O)[C@H]1COC(c2ccc(F)c(C)c2)=N1. The van der Waals surface area contributed by atoms with E-state index in [-0.39, 0.29) is 12.4 Å². The second kappa shape index (κ2) is 4.53. The monoisotopic (exact) mass is 237 g/mol. The number of benzene rings is 1. The first-order valence-electron chi connectivity index (χ1n) is 5.17. The van der Waals surface area contributed by atoms with Gasteiger partial charge in [-0.05, 0) is 30.7 Å². The van der Waals surface area contributed by atoms with Crippen LogP contribution in [-0.2, 0) is 14.3 Å². The van der Waals surface area contributed by atoms with Crippen molar-refractivity contribution in [1.29, 1.82) is 0 Å². The first kappa shape index (κ1) is 11.6. The highest BCUT2D eigenvalue weighted by molar-refractivity contribution is 5.97. The molecular formula is C12H12FNO3. The highest BCUT2D eigenvalue weighted by Crippen LogP contribution is 2.16. The van der Waals surface area contributed by atoms with Crippen molar-refractivity contribution in [3.8, 4) is 0 Å². The van der Waals surface area contributed by atoms with Crippen LogP contribution in [0.25, 0.3) is 0 Å². The van der Waals surface area contributed by atoms with Crippen LogP contribution in [0.2, 0.25) is 0 Å². The first-order valence-corrected chi connectivity index (χ1v) is 5.17. The molecule has 0 saturated carbocycles. The number of halogens is 1. The van der Waals surface area contributed by atoms with Crippen LogP contribution in [0.5, 0.6) is 0 Å². The number of methoxy groups -OCH3 is 1. The topological polar surface area (TPSA) is 47.9 Å². The van der Waals surface area contributed by atoms with E-state index in [2.05, 4.69) is 9.73 Å². The van der Waals surface area contributed by atoms with Gasteiger partial charge in [-0.2, -0.15) is 0 Å². The molecule has 1 heterocycles. The average molecular weight is 237 g/mol. The van der Waals surface area contributed by atoms with Gasteiger partial charge in [-0.25, -0.2) is 14.2 Å². The van der Waals surface area contributed by atoms with Crippen molar-refractivity contribution >= 4 is 11.9 Å². The molecular weight excluding hydrogens is 225 g/mol. The predicted octanol–water partition coefficient (Wildman–Crippen LogP) is 1.45. The van der Waals surface area contributed by atoms with Gasteiger partial charge in [0, 0.05) is 5.56 Å². The van der Waals surface area contributed by atoms with Gasteiger partial charge < -0.3 is 9.47 Å². The van der Waals surface area contributed by atoms with Gasteiger partial charge in [-0.1, -0.05) is 0 Å². The molecule has 1 aromatic carbocycles. The Balaban J connectivity index is 2.24. The van der Waals surface area contributed by atoms with Crippen LogP contribution in [-0.4, -0.2) is 31.6 Å². The summed E-state index contributed by atoms with van der Waals surface area (Å²) >= 11 is 0. The number of nitrogens with zero attached hydrogens (tertiary/aromatic N) is 1. The van der Waals surface area contributed by atoms with Crippen molar-refractivity contribution in [2.75, 3.05) is 13.7 Å². The zero-order valence-corrected chi connectivity index (χ0v) is 9.57. The third-order valence-electron chi connectivity index (χ3n) is 2.53. The molecule has 0 saturated heterocycles. The highest BCUT2D eigenvalue weighted by atomic mass is 19.1. The van der Waals surface area contributed by atoms with Gasteiger partial charge in [-0.15, -0.1) is 0 Å². The van der Waals surface area contributed by atoms with Gasteiger partial charge in [0.2, 0.25) is 5.90 Å². The van der Waals surface area contributed by atoms with Crippen molar-refractivity contribution in [3.63, 3.8) is 0 Å². The molecule has 17 heavy (non-hydrogen) atoms. The molecule has 0 amide bonds. The number of carbonyl (C=O) groups excluding carboxylic acids is 1. The highest BCUT2D eigenvalue weighted by Gasteiger charge is 2.27. The maximum absolute atomic E-state index is 13.1. The summed E-state index contributed by atoms with van der Waals surface area (Å²) in [6, 6.07) is 3.93. The summed E-state index contributed by atoms with van der Waals surface area (Å²) in [4.78, 5) is 15.3. The minimum absolute atomic E-state index is 0.165. The van der Waals surface area contributed by atoms with E-state index in [0.29, 0.717) is 17.0 Å². The number of hydrogen-bond donors (Lipinski definition) is 0. The summed E-state index contributed by atoms with van der Waals surface area (Å²) in [7, 11) is 1.30. The van der Waals surface area contributed by atoms with Crippen LogP contribution in [0.15, 0.2) is 23.2 Å². The minimum atomic E-state index is -0.625. The van der Waals surface area contributed by atoms with Crippen molar-refractivity contribution in [2.45, 2.75) is 13.0 Å². The van der Waals surface area contributed by atoms with Gasteiger partial charge in [0.15, 0.2) is 6.04 Å². The molecule has 1 aliphatic rings. The van der Waals surface area contributed by atoms with E-state index in [4.69, 9.17) is 4.74 Å². The third-order valence-corrected chi connectivity index (χ3v) is 2.53. The van der Waals surface area contributed by atoms with Crippen LogP contribution in [0.1, 0.15) is 11.1 Å². The number of carbonyl (C=O) groups is 1. The fraction of sp³-hybridized carbons (Fsp3) is 0.333. The normalized spacial score (nSPS) is 18.5. The minimum Gasteiger partial charge on any atom is -0.475 e. The van der Waals surface area contributed by atoms with E-state index in [1.807, 2.05) is 0 Å². The van der Waals surface area contributed by atoms with E-state index in [9.17, 15) is 9.18 Å². The Labute approximate surface area is 98.1 Å². The smallest absolute Gasteiger partial charge is 0.334 e. The Morgan fingerprint density at radius 1 is 1.59 bits per heavy atom. The largest absolute Gasteiger partial charge is 0.475 e.